The lowest BCUT2D eigenvalue weighted by Gasteiger charge is -2.19. The summed E-state index contributed by atoms with van der Waals surface area (Å²) < 4.78 is 0. The lowest BCUT2D eigenvalue weighted by atomic mass is 10.1. The minimum atomic E-state index is -0.0534. The number of hydrogen-bond acceptors (Lipinski definition) is 4. The van der Waals surface area contributed by atoms with Gasteiger partial charge in [-0.05, 0) is 19.4 Å². The van der Waals surface area contributed by atoms with E-state index in [1.165, 1.54) is 0 Å². The number of carbonyl (C=O) groups excluding carboxylic acids is 1. The van der Waals surface area contributed by atoms with Crippen LogP contribution in [-0.2, 0) is 6.54 Å². The second-order valence-corrected chi connectivity index (χ2v) is 5.07. The molecule has 0 aliphatic carbocycles. The maximum absolute atomic E-state index is 12.6. The van der Waals surface area contributed by atoms with Gasteiger partial charge in [-0.2, -0.15) is 5.10 Å². The van der Waals surface area contributed by atoms with Crippen molar-refractivity contribution in [2.24, 2.45) is 0 Å². The third-order valence-corrected chi connectivity index (χ3v) is 3.16. The Bertz CT molecular complexity index is 594. The van der Waals surface area contributed by atoms with Gasteiger partial charge in [-0.15, -0.1) is 0 Å². The predicted octanol–water partition coefficient (Wildman–Crippen LogP) is 2.21. The zero-order chi connectivity index (χ0) is 15.2. The molecule has 0 aromatic carbocycles. The lowest BCUT2D eigenvalue weighted by Crippen LogP contribution is -2.27. The van der Waals surface area contributed by atoms with Crippen molar-refractivity contribution in [3.05, 3.63) is 41.5 Å². The zero-order valence-electron chi connectivity index (χ0n) is 12.7. The Morgan fingerprint density at radius 3 is 2.90 bits per heavy atom. The second kappa shape index (κ2) is 6.88. The van der Waals surface area contributed by atoms with Gasteiger partial charge >= 0.3 is 0 Å². The van der Waals surface area contributed by atoms with Gasteiger partial charge in [0.15, 0.2) is 0 Å². The fraction of sp³-hybridized carbons (Fsp3) is 0.400. The highest BCUT2D eigenvalue weighted by molar-refractivity contribution is 5.99. The van der Waals surface area contributed by atoms with Crippen LogP contribution in [0.15, 0.2) is 24.7 Å². The van der Waals surface area contributed by atoms with Gasteiger partial charge in [-0.1, -0.05) is 6.92 Å². The van der Waals surface area contributed by atoms with Crippen LogP contribution in [0.25, 0.3) is 0 Å². The molecule has 2 N–H and O–H groups in total. The maximum atomic E-state index is 12.6. The van der Waals surface area contributed by atoms with E-state index in [0.29, 0.717) is 12.1 Å². The van der Waals surface area contributed by atoms with Crippen molar-refractivity contribution in [2.45, 2.75) is 26.8 Å². The molecular weight excluding hydrogens is 266 g/mol. The van der Waals surface area contributed by atoms with Crippen LogP contribution >= 0.6 is 0 Å². The average molecular weight is 287 g/mol. The Morgan fingerprint density at radius 2 is 2.24 bits per heavy atom. The standard InChI is InChI=1S/C15H21N5O/c1-4-5-16-14-6-11(2)17-9-13(14)15(21)20(3)10-12-7-18-19-8-12/h6-9H,4-5,10H2,1-3H3,(H,16,17)(H,18,19). The van der Waals surface area contributed by atoms with E-state index in [9.17, 15) is 4.79 Å². The molecule has 2 aromatic heterocycles. The number of nitrogens with one attached hydrogen (secondary N) is 2. The third kappa shape index (κ3) is 3.81. The van der Waals surface area contributed by atoms with E-state index in [-0.39, 0.29) is 5.91 Å². The van der Waals surface area contributed by atoms with Gasteiger partial charge < -0.3 is 10.2 Å². The maximum Gasteiger partial charge on any atom is 0.257 e. The molecule has 2 heterocycles. The Labute approximate surface area is 124 Å². The van der Waals surface area contributed by atoms with Crippen LogP contribution in [0, 0.1) is 6.92 Å². The number of aromatic amines is 1. The summed E-state index contributed by atoms with van der Waals surface area (Å²) in [6.07, 6.45) is 6.14. The molecule has 2 rings (SSSR count). The van der Waals surface area contributed by atoms with Crippen LogP contribution < -0.4 is 5.32 Å². The molecule has 0 atom stereocenters. The Balaban J connectivity index is 2.17. The summed E-state index contributed by atoms with van der Waals surface area (Å²) >= 11 is 0. The van der Waals surface area contributed by atoms with Crippen LogP contribution in [0.5, 0.6) is 0 Å². The van der Waals surface area contributed by atoms with Gasteiger partial charge in [0.1, 0.15) is 0 Å². The molecule has 0 spiro atoms. The number of aryl methyl sites for hydroxylation is 1. The summed E-state index contributed by atoms with van der Waals surface area (Å²) in [5.74, 6) is -0.0534. The number of rotatable bonds is 6. The molecule has 0 fully saturated rings. The van der Waals surface area contributed by atoms with Crippen molar-refractivity contribution in [3.8, 4) is 0 Å². The number of H-pyrrole nitrogens is 1. The third-order valence-electron chi connectivity index (χ3n) is 3.16. The highest BCUT2D eigenvalue weighted by Gasteiger charge is 2.17. The van der Waals surface area contributed by atoms with Crippen LogP contribution in [0.3, 0.4) is 0 Å². The summed E-state index contributed by atoms with van der Waals surface area (Å²) in [4.78, 5) is 18.5. The molecular formula is C15H21N5O. The van der Waals surface area contributed by atoms with Gasteiger partial charge in [-0.25, -0.2) is 0 Å². The Morgan fingerprint density at radius 1 is 1.43 bits per heavy atom. The predicted molar refractivity (Wildman–Crippen MR) is 82.1 cm³/mol. The van der Waals surface area contributed by atoms with Crippen molar-refractivity contribution >= 4 is 11.6 Å². The average Bonchev–Trinajstić information content (AvgIpc) is 2.97. The van der Waals surface area contributed by atoms with E-state index in [2.05, 4.69) is 27.4 Å². The fourth-order valence-corrected chi connectivity index (χ4v) is 2.05. The lowest BCUT2D eigenvalue weighted by molar-refractivity contribution is 0.0785. The molecule has 0 saturated heterocycles. The number of anilines is 1. The van der Waals surface area contributed by atoms with Crippen molar-refractivity contribution in [2.75, 3.05) is 18.9 Å². The number of aromatic nitrogens is 3. The van der Waals surface area contributed by atoms with E-state index in [1.807, 2.05) is 13.0 Å². The minimum Gasteiger partial charge on any atom is -0.384 e. The van der Waals surface area contributed by atoms with Gasteiger partial charge in [0.25, 0.3) is 5.91 Å². The molecule has 0 unspecified atom stereocenters. The first-order chi connectivity index (χ1) is 10.1. The van der Waals surface area contributed by atoms with Crippen LogP contribution in [0.1, 0.15) is 35.0 Å². The van der Waals surface area contributed by atoms with E-state index in [0.717, 1.165) is 29.9 Å². The van der Waals surface area contributed by atoms with E-state index < -0.39 is 0 Å². The molecule has 0 bridgehead atoms. The molecule has 0 saturated carbocycles. The Kier molecular flexibility index (Phi) is 4.92. The van der Waals surface area contributed by atoms with Crippen molar-refractivity contribution in [1.29, 1.82) is 0 Å². The first kappa shape index (κ1) is 15.0. The molecule has 0 aliphatic rings. The van der Waals surface area contributed by atoms with Gasteiger partial charge in [0, 0.05) is 43.8 Å². The van der Waals surface area contributed by atoms with Crippen molar-refractivity contribution in [3.63, 3.8) is 0 Å². The number of amides is 1. The van der Waals surface area contributed by atoms with E-state index in [1.54, 1.807) is 30.5 Å². The molecule has 0 aliphatic heterocycles. The van der Waals surface area contributed by atoms with E-state index in [4.69, 9.17) is 0 Å². The number of nitrogens with zero attached hydrogens (tertiary/aromatic N) is 3. The number of pyridine rings is 1. The van der Waals surface area contributed by atoms with Crippen molar-refractivity contribution < 1.29 is 4.79 Å². The smallest absolute Gasteiger partial charge is 0.257 e. The number of hydrogen-bond donors (Lipinski definition) is 2. The zero-order valence-corrected chi connectivity index (χ0v) is 12.7. The highest BCUT2D eigenvalue weighted by Crippen LogP contribution is 2.18. The summed E-state index contributed by atoms with van der Waals surface area (Å²) in [7, 11) is 1.78. The quantitative estimate of drug-likeness (QED) is 0.854. The first-order valence-corrected chi connectivity index (χ1v) is 7.05. The SMILES string of the molecule is CCCNc1cc(C)ncc1C(=O)N(C)Cc1cn[nH]c1. The van der Waals surface area contributed by atoms with Crippen LogP contribution in [-0.4, -0.2) is 39.6 Å². The normalized spacial score (nSPS) is 10.4. The topological polar surface area (TPSA) is 73.9 Å². The molecule has 1 amide bonds. The molecule has 21 heavy (non-hydrogen) atoms. The number of carbonyl (C=O) groups is 1. The van der Waals surface area contributed by atoms with E-state index >= 15 is 0 Å². The minimum absolute atomic E-state index is 0.0534. The van der Waals surface area contributed by atoms with Gasteiger partial charge in [-0.3, -0.25) is 14.9 Å². The summed E-state index contributed by atoms with van der Waals surface area (Å²) in [6, 6.07) is 1.91. The largest absolute Gasteiger partial charge is 0.384 e. The first-order valence-electron chi connectivity index (χ1n) is 7.05. The summed E-state index contributed by atoms with van der Waals surface area (Å²) in [6.45, 7) is 5.35. The van der Waals surface area contributed by atoms with Crippen molar-refractivity contribution in [1.82, 2.24) is 20.1 Å². The molecule has 112 valence electrons. The fourth-order valence-electron chi connectivity index (χ4n) is 2.05. The van der Waals surface area contributed by atoms with Gasteiger partial charge in [0.2, 0.25) is 0 Å². The molecule has 6 nitrogen and oxygen atoms in total. The monoisotopic (exact) mass is 287 g/mol. The highest BCUT2D eigenvalue weighted by atomic mass is 16.2. The van der Waals surface area contributed by atoms with Crippen LogP contribution in [0.2, 0.25) is 0 Å². The molecule has 2 aromatic rings. The molecule has 0 radical (unpaired) electrons. The summed E-state index contributed by atoms with van der Waals surface area (Å²) in [5.41, 5.74) is 3.30. The Hall–Kier alpha value is -2.37. The second-order valence-electron chi connectivity index (χ2n) is 5.07. The summed E-state index contributed by atoms with van der Waals surface area (Å²) in [5, 5.41) is 9.93. The van der Waals surface area contributed by atoms with Gasteiger partial charge in [0.05, 0.1) is 17.4 Å². The molecule has 6 heteroatoms. The van der Waals surface area contributed by atoms with Crippen LogP contribution in [0.4, 0.5) is 5.69 Å².